The normalized spacial score (nSPS) is 11.9. The molecule has 0 aliphatic rings. The standard InChI is InChI=1S/C26H32N4O6S/c27-26-29-23(34)19-15-18(37-24(19)30-26)8-6-4-2-1-3-5-7-16-9-11-17(12-10-16)22(33)28-20(25(35)36)13-14-21(31)32/h9-12,15,20H,1-8,13-14H2,(H,28,33)(H,31,32)(H,35,36)(H3,27,29,30,34)/t20-/m1/s1. The Balaban J connectivity index is 1.31. The number of nitrogens with zero attached hydrogens (tertiary/aromatic N) is 1. The number of carbonyl (C=O) groups excluding carboxylic acids is 1. The van der Waals surface area contributed by atoms with Crippen molar-refractivity contribution in [3.8, 4) is 0 Å². The summed E-state index contributed by atoms with van der Waals surface area (Å²) in [6.07, 6.45) is 7.90. The lowest BCUT2D eigenvalue weighted by Gasteiger charge is -2.13. The highest BCUT2D eigenvalue weighted by Crippen LogP contribution is 2.23. The zero-order valence-corrected chi connectivity index (χ0v) is 21.3. The van der Waals surface area contributed by atoms with E-state index in [1.54, 1.807) is 12.1 Å². The van der Waals surface area contributed by atoms with Gasteiger partial charge in [-0.15, -0.1) is 11.3 Å². The fraction of sp³-hybridized carbons (Fsp3) is 0.423. The Morgan fingerprint density at radius 3 is 2.30 bits per heavy atom. The van der Waals surface area contributed by atoms with Crippen LogP contribution in [0.4, 0.5) is 5.95 Å². The predicted molar refractivity (Wildman–Crippen MR) is 142 cm³/mol. The molecule has 10 nitrogen and oxygen atoms in total. The Morgan fingerprint density at radius 1 is 1.00 bits per heavy atom. The molecule has 1 amide bonds. The number of nitrogens with two attached hydrogens (primary N) is 1. The molecule has 0 spiro atoms. The second kappa shape index (κ2) is 13.5. The number of carboxylic acids is 2. The van der Waals surface area contributed by atoms with E-state index < -0.39 is 23.9 Å². The summed E-state index contributed by atoms with van der Waals surface area (Å²) in [6, 6.07) is 7.71. The fourth-order valence-electron chi connectivity index (χ4n) is 4.05. The second-order valence-corrected chi connectivity index (χ2v) is 10.1. The first-order chi connectivity index (χ1) is 17.7. The molecule has 37 heavy (non-hydrogen) atoms. The molecule has 2 aromatic heterocycles. The van der Waals surface area contributed by atoms with Gasteiger partial charge in [-0.3, -0.25) is 19.4 Å². The molecule has 0 aliphatic heterocycles. The number of amides is 1. The van der Waals surface area contributed by atoms with Gasteiger partial charge in [-0.1, -0.05) is 37.8 Å². The average Bonchev–Trinajstić information content (AvgIpc) is 3.26. The number of fused-ring (bicyclic) bond motifs is 1. The van der Waals surface area contributed by atoms with E-state index in [-0.39, 0.29) is 24.3 Å². The molecule has 0 bridgehead atoms. The molecule has 0 fully saturated rings. The van der Waals surface area contributed by atoms with Gasteiger partial charge in [0.05, 0.1) is 5.39 Å². The maximum Gasteiger partial charge on any atom is 0.326 e. The SMILES string of the molecule is Nc1nc2sc(CCCCCCCCc3ccc(C(=O)N[C@H](CCC(=O)O)C(=O)O)cc3)cc2c(=O)[nH]1. The number of unbranched alkanes of at least 4 members (excludes halogenated alkanes) is 5. The molecule has 6 N–H and O–H groups in total. The van der Waals surface area contributed by atoms with Gasteiger partial charge in [-0.2, -0.15) is 0 Å². The molecular formula is C26H32N4O6S. The Morgan fingerprint density at radius 2 is 1.65 bits per heavy atom. The van der Waals surface area contributed by atoms with Gasteiger partial charge in [0, 0.05) is 16.9 Å². The Kier molecular flexibility index (Phi) is 10.2. The number of rotatable bonds is 15. The number of thiophene rings is 1. The maximum atomic E-state index is 12.3. The summed E-state index contributed by atoms with van der Waals surface area (Å²) >= 11 is 1.52. The van der Waals surface area contributed by atoms with Gasteiger partial charge in [0.15, 0.2) is 0 Å². The fourth-order valence-corrected chi connectivity index (χ4v) is 5.12. The summed E-state index contributed by atoms with van der Waals surface area (Å²) in [6.45, 7) is 0. The molecular weight excluding hydrogens is 496 g/mol. The molecule has 0 radical (unpaired) electrons. The van der Waals surface area contributed by atoms with E-state index in [1.807, 2.05) is 18.2 Å². The number of aliphatic carboxylic acids is 2. The van der Waals surface area contributed by atoms with E-state index in [1.165, 1.54) is 11.3 Å². The number of benzene rings is 1. The van der Waals surface area contributed by atoms with Crippen molar-refractivity contribution in [2.75, 3.05) is 5.73 Å². The van der Waals surface area contributed by atoms with Gasteiger partial charge >= 0.3 is 11.9 Å². The van der Waals surface area contributed by atoms with Gasteiger partial charge in [0.25, 0.3) is 11.5 Å². The lowest BCUT2D eigenvalue weighted by molar-refractivity contribution is -0.140. The van der Waals surface area contributed by atoms with E-state index in [0.29, 0.717) is 15.8 Å². The van der Waals surface area contributed by atoms with Crippen LogP contribution in [-0.4, -0.2) is 44.1 Å². The van der Waals surface area contributed by atoms with E-state index in [9.17, 15) is 24.3 Å². The molecule has 198 valence electrons. The molecule has 3 rings (SSSR count). The largest absolute Gasteiger partial charge is 0.481 e. The first-order valence-electron chi connectivity index (χ1n) is 12.4. The average molecular weight is 529 g/mol. The van der Waals surface area contributed by atoms with Crippen molar-refractivity contribution in [1.82, 2.24) is 15.3 Å². The van der Waals surface area contributed by atoms with E-state index in [4.69, 9.17) is 10.8 Å². The van der Waals surface area contributed by atoms with E-state index >= 15 is 0 Å². The van der Waals surface area contributed by atoms with Crippen molar-refractivity contribution in [1.29, 1.82) is 0 Å². The first kappa shape index (κ1) is 27.9. The molecule has 0 aliphatic carbocycles. The minimum absolute atomic E-state index is 0.145. The monoisotopic (exact) mass is 528 g/mol. The van der Waals surface area contributed by atoms with Gasteiger partial charge < -0.3 is 21.3 Å². The molecule has 0 saturated carbocycles. The maximum absolute atomic E-state index is 12.3. The predicted octanol–water partition coefficient (Wildman–Crippen LogP) is 3.74. The molecule has 11 heteroatoms. The molecule has 2 heterocycles. The highest BCUT2D eigenvalue weighted by atomic mass is 32.1. The number of hydrogen-bond acceptors (Lipinski definition) is 7. The number of hydrogen-bond donors (Lipinski definition) is 5. The van der Waals surface area contributed by atoms with E-state index in [0.717, 1.165) is 61.8 Å². The van der Waals surface area contributed by atoms with Gasteiger partial charge in [-0.25, -0.2) is 9.78 Å². The summed E-state index contributed by atoms with van der Waals surface area (Å²) in [5.74, 6) is -2.76. The van der Waals surface area contributed by atoms with Crippen LogP contribution in [0.1, 0.15) is 72.2 Å². The van der Waals surface area contributed by atoms with Crippen LogP contribution in [0.25, 0.3) is 10.2 Å². The summed E-state index contributed by atoms with van der Waals surface area (Å²) in [4.78, 5) is 54.7. The second-order valence-electron chi connectivity index (χ2n) is 9.00. The number of nitrogens with one attached hydrogen (secondary N) is 2. The number of carboxylic acid groups (broad SMARTS) is 2. The van der Waals surface area contributed by atoms with Crippen molar-refractivity contribution in [2.24, 2.45) is 0 Å². The third-order valence-electron chi connectivity index (χ3n) is 6.08. The van der Waals surface area contributed by atoms with Crippen molar-refractivity contribution in [2.45, 2.75) is 70.3 Å². The van der Waals surface area contributed by atoms with Gasteiger partial charge in [0.2, 0.25) is 5.95 Å². The highest BCUT2D eigenvalue weighted by Gasteiger charge is 2.21. The first-order valence-corrected chi connectivity index (χ1v) is 13.2. The highest BCUT2D eigenvalue weighted by molar-refractivity contribution is 7.18. The summed E-state index contributed by atoms with van der Waals surface area (Å²) in [5.41, 5.74) is 6.85. The summed E-state index contributed by atoms with van der Waals surface area (Å²) < 4.78 is 0. The minimum atomic E-state index is -1.26. The number of carbonyl (C=O) groups is 3. The van der Waals surface area contributed by atoms with Crippen molar-refractivity contribution in [3.63, 3.8) is 0 Å². The van der Waals surface area contributed by atoms with Crippen molar-refractivity contribution < 1.29 is 24.6 Å². The zero-order valence-electron chi connectivity index (χ0n) is 20.5. The molecule has 1 atom stereocenters. The minimum Gasteiger partial charge on any atom is -0.481 e. The third kappa shape index (κ3) is 8.71. The topological polar surface area (TPSA) is 175 Å². The van der Waals surface area contributed by atoms with Crippen LogP contribution in [0.5, 0.6) is 0 Å². The summed E-state index contributed by atoms with van der Waals surface area (Å²) in [7, 11) is 0. The van der Waals surface area contributed by atoms with E-state index in [2.05, 4.69) is 15.3 Å². The number of anilines is 1. The number of nitrogen functional groups attached to an aromatic ring is 1. The quantitative estimate of drug-likeness (QED) is 0.185. The van der Waals surface area contributed by atoms with Crippen molar-refractivity contribution in [3.05, 3.63) is 56.7 Å². The lowest BCUT2D eigenvalue weighted by atomic mass is 10.0. The van der Waals surface area contributed by atoms with Gasteiger partial charge in [-0.05, 0) is 55.9 Å². The number of aromatic nitrogens is 2. The molecule has 1 aromatic carbocycles. The number of H-pyrrole nitrogens is 1. The van der Waals surface area contributed by atoms with Crippen LogP contribution in [0.3, 0.4) is 0 Å². The van der Waals surface area contributed by atoms with Crippen LogP contribution in [0.2, 0.25) is 0 Å². The number of aryl methyl sites for hydroxylation is 2. The lowest BCUT2D eigenvalue weighted by Crippen LogP contribution is -2.41. The van der Waals surface area contributed by atoms with Gasteiger partial charge in [0.1, 0.15) is 10.9 Å². The van der Waals surface area contributed by atoms with Crippen LogP contribution in [0.15, 0.2) is 35.1 Å². The van der Waals surface area contributed by atoms with Crippen LogP contribution >= 0.6 is 11.3 Å². The summed E-state index contributed by atoms with van der Waals surface area (Å²) in [5, 5.41) is 20.9. The van der Waals surface area contributed by atoms with Crippen LogP contribution in [-0.2, 0) is 22.4 Å². The molecule has 3 aromatic rings. The zero-order chi connectivity index (χ0) is 26.8. The van der Waals surface area contributed by atoms with Crippen molar-refractivity contribution >= 4 is 45.3 Å². The Bertz CT molecular complexity index is 1280. The molecule has 0 saturated heterocycles. The smallest absolute Gasteiger partial charge is 0.326 e. The van der Waals surface area contributed by atoms with Crippen LogP contribution < -0.4 is 16.6 Å². The van der Waals surface area contributed by atoms with Crippen LogP contribution in [0, 0.1) is 0 Å². The Hall–Kier alpha value is -3.73. The number of aromatic amines is 1. The molecule has 0 unspecified atom stereocenters. The third-order valence-corrected chi connectivity index (χ3v) is 7.17. The Labute approximate surface area is 217 Å².